The second-order valence-electron chi connectivity index (χ2n) is 5.57. The van der Waals surface area contributed by atoms with Crippen molar-refractivity contribution in [1.82, 2.24) is 14.5 Å². The van der Waals surface area contributed by atoms with E-state index >= 15 is 0 Å². The first-order valence-electron chi connectivity index (χ1n) is 7.61. The van der Waals surface area contributed by atoms with E-state index in [-0.39, 0.29) is 6.04 Å². The van der Waals surface area contributed by atoms with Gasteiger partial charge in [0.15, 0.2) is 0 Å². The van der Waals surface area contributed by atoms with Crippen LogP contribution in [0.4, 0.5) is 0 Å². The van der Waals surface area contributed by atoms with Gasteiger partial charge in [-0.1, -0.05) is 42.7 Å². The van der Waals surface area contributed by atoms with Crippen molar-refractivity contribution in [1.29, 1.82) is 0 Å². The van der Waals surface area contributed by atoms with E-state index in [4.69, 9.17) is 0 Å². The Kier molecular flexibility index (Phi) is 4.37. The molecule has 0 bridgehead atoms. The van der Waals surface area contributed by atoms with Gasteiger partial charge in [-0.05, 0) is 37.4 Å². The van der Waals surface area contributed by atoms with Crippen molar-refractivity contribution in [2.45, 2.75) is 25.3 Å². The van der Waals surface area contributed by atoms with Gasteiger partial charge in [0, 0.05) is 7.05 Å². The fourth-order valence-electron chi connectivity index (χ4n) is 2.82. The normalized spacial score (nSPS) is 17.0. The van der Waals surface area contributed by atoms with Crippen molar-refractivity contribution in [3.8, 4) is 11.8 Å². The third-order valence-electron chi connectivity index (χ3n) is 4.02. The van der Waals surface area contributed by atoms with E-state index in [1.807, 2.05) is 17.8 Å². The van der Waals surface area contributed by atoms with Crippen LogP contribution in [0.15, 0.2) is 42.9 Å². The van der Waals surface area contributed by atoms with Gasteiger partial charge < -0.3 is 4.57 Å². The maximum absolute atomic E-state index is 4.13. The zero-order valence-electron chi connectivity index (χ0n) is 12.5. The average molecular weight is 279 g/mol. The fraction of sp³-hybridized carbons (Fsp3) is 0.389. The standard InChI is InChI=1S/C18H21N3/c1-20-15-19-14-17(20)10-11-18(16-8-4-2-5-9-16)21-12-6-3-7-13-21/h2,4-5,8-9,14-15,18H,3,6-7,12-13H2,1H3. The van der Waals surface area contributed by atoms with E-state index in [2.05, 4.69) is 52.1 Å². The van der Waals surface area contributed by atoms with Gasteiger partial charge in [0.2, 0.25) is 0 Å². The van der Waals surface area contributed by atoms with E-state index in [1.165, 1.54) is 24.8 Å². The summed E-state index contributed by atoms with van der Waals surface area (Å²) in [4.78, 5) is 6.63. The maximum Gasteiger partial charge on any atom is 0.111 e. The Morgan fingerprint density at radius 3 is 2.52 bits per heavy atom. The van der Waals surface area contributed by atoms with Crippen molar-refractivity contribution in [2.75, 3.05) is 13.1 Å². The van der Waals surface area contributed by atoms with Gasteiger partial charge in [0.05, 0.1) is 18.6 Å². The maximum atomic E-state index is 4.13. The van der Waals surface area contributed by atoms with Crippen LogP contribution in [0.25, 0.3) is 0 Å². The summed E-state index contributed by atoms with van der Waals surface area (Å²) >= 11 is 0. The van der Waals surface area contributed by atoms with E-state index in [1.54, 1.807) is 6.33 Å². The number of aromatic nitrogens is 2. The molecule has 0 radical (unpaired) electrons. The zero-order valence-corrected chi connectivity index (χ0v) is 12.5. The second kappa shape index (κ2) is 6.60. The Balaban J connectivity index is 1.89. The highest BCUT2D eigenvalue weighted by atomic mass is 15.2. The molecule has 1 aliphatic rings. The Bertz CT molecular complexity index is 627. The summed E-state index contributed by atoms with van der Waals surface area (Å²) in [7, 11) is 1.98. The molecule has 1 unspecified atom stereocenters. The Morgan fingerprint density at radius 2 is 1.86 bits per heavy atom. The van der Waals surface area contributed by atoms with Gasteiger partial charge in [0.1, 0.15) is 5.69 Å². The first-order chi connectivity index (χ1) is 10.3. The summed E-state index contributed by atoms with van der Waals surface area (Å²) in [6.45, 7) is 2.28. The number of piperidine rings is 1. The smallest absolute Gasteiger partial charge is 0.111 e. The number of benzene rings is 1. The van der Waals surface area contributed by atoms with E-state index in [9.17, 15) is 0 Å². The molecule has 1 atom stereocenters. The molecule has 3 nitrogen and oxygen atoms in total. The number of hydrogen-bond acceptors (Lipinski definition) is 2. The number of nitrogens with zero attached hydrogens (tertiary/aromatic N) is 3. The zero-order chi connectivity index (χ0) is 14.5. The SMILES string of the molecule is Cn1cncc1C#CC(c1ccccc1)N1CCCCC1. The molecule has 3 rings (SSSR count). The first-order valence-corrected chi connectivity index (χ1v) is 7.61. The molecule has 1 aromatic heterocycles. The van der Waals surface area contributed by atoms with Gasteiger partial charge in [-0.15, -0.1) is 0 Å². The number of imidazole rings is 1. The summed E-state index contributed by atoms with van der Waals surface area (Å²) < 4.78 is 1.96. The highest BCUT2D eigenvalue weighted by Crippen LogP contribution is 2.24. The summed E-state index contributed by atoms with van der Waals surface area (Å²) in [5.74, 6) is 6.76. The fourth-order valence-corrected chi connectivity index (χ4v) is 2.82. The molecular formula is C18H21N3. The third-order valence-corrected chi connectivity index (χ3v) is 4.02. The molecule has 0 N–H and O–H groups in total. The highest BCUT2D eigenvalue weighted by Gasteiger charge is 2.20. The Morgan fingerprint density at radius 1 is 1.10 bits per heavy atom. The van der Waals surface area contributed by atoms with Crippen LogP contribution in [-0.2, 0) is 7.05 Å². The molecule has 21 heavy (non-hydrogen) atoms. The average Bonchev–Trinajstić information content (AvgIpc) is 2.95. The van der Waals surface area contributed by atoms with E-state index in [0.29, 0.717) is 0 Å². The summed E-state index contributed by atoms with van der Waals surface area (Å²) in [6, 6.07) is 10.8. The number of likely N-dealkylation sites (tertiary alicyclic amines) is 1. The van der Waals surface area contributed by atoms with Crippen LogP contribution in [0.1, 0.15) is 36.6 Å². The minimum absolute atomic E-state index is 0.182. The lowest BCUT2D eigenvalue weighted by Crippen LogP contribution is -2.33. The first kappa shape index (κ1) is 13.9. The Labute approximate surface area is 126 Å². The van der Waals surface area contributed by atoms with Crippen LogP contribution in [0, 0.1) is 11.8 Å². The Hall–Kier alpha value is -2.05. The quantitative estimate of drug-likeness (QED) is 0.788. The summed E-state index contributed by atoms with van der Waals surface area (Å²) in [6.07, 6.45) is 7.51. The van der Waals surface area contributed by atoms with Crippen molar-refractivity contribution >= 4 is 0 Å². The monoisotopic (exact) mass is 279 g/mol. The number of rotatable bonds is 2. The lowest BCUT2D eigenvalue weighted by molar-refractivity contribution is 0.197. The molecule has 2 aromatic rings. The predicted octanol–water partition coefficient (Wildman–Crippen LogP) is 3.00. The molecule has 0 spiro atoms. The van der Waals surface area contributed by atoms with Gasteiger partial charge in [-0.25, -0.2) is 4.98 Å². The van der Waals surface area contributed by atoms with Crippen LogP contribution in [0.3, 0.4) is 0 Å². The minimum atomic E-state index is 0.182. The molecule has 0 aliphatic carbocycles. The molecule has 1 fully saturated rings. The van der Waals surface area contributed by atoms with Gasteiger partial charge in [0.25, 0.3) is 0 Å². The third kappa shape index (κ3) is 3.34. The summed E-state index contributed by atoms with van der Waals surface area (Å²) in [5.41, 5.74) is 2.25. The molecule has 3 heteroatoms. The molecule has 1 aliphatic heterocycles. The van der Waals surface area contributed by atoms with Crippen molar-refractivity contribution in [3.05, 3.63) is 54.1 Å². The molecule has 0 amide bonds. The highest BCUT2D eigenvalue weighted by molar-refractivity contribution is 5.33. The van der Waals surface area contributed by atoms with Crippen molar-refractivity contribution < 1.29 is 0 Å². The lowest BCUT2D eigenvalue weighted by atomic mass is 10.0. The molecule has 108 valence electrons. The molecule has 0 saturated carbocycles. The van der Waals surface area contributed by atoms with Gasteiger partial charge in [-0.3, -0.25) is 4.90 Å². The predicted molar refractivity (Wildman–Crippen MR) is 84.7 cm³/mol. The number of aryl methyl sites for hydroxylation is 1. The second-order valence-corrected chi connectivity index (χ2v) is 5.57. The van der Waals surface area contributed by atoms with Gasteiger partial charge in [-0.2, -0.15) is 0 Å². The topological polar surface area (TPSA) is 21.1 Å². The van der Waals surface area contributed by atoms with E-state index in [0.717, 1.165) is 18.8 Å². The van der Waals surface area contributed by atoms with Crippen LogP contribution >= 0.6 is 0 Å². The lowest BCUT2D eigenvalue weighted by Gasteiger charge is -2.31. The molecule has 1 saturated heterocycles. The van der Waals surface area contributed by atoms with Gasteiger partial charge >= 0.3 is 0 Å². The molecule has 1 aromatic carbocycles. The van der Waals surface area contributed by atoms with Crippen LogP contribution < -0.4 is 0 Å². The largest absolute Gasteiger partial charge is 0.327 e. The van der Waals surface area contributed by atoms with Crippen LogP contribution in [0.2, 0.25) is 0 Å². The number of hydrogen-bond donors (Lipinski definition) is 0. The molecule has 2 heterocycles. The van der Waals surface area contributed by atoms with Crippen LogP contribution in [0.5, 0.6) is 0 Å². The van der Waals surface area contributed by atoms with Crippen molar-refractivity contribution in [2.24, 2.45) is 7.05 Å². The summed E-state index contributed by atoms with van der Waals surface area (Å²) in [5, 5.41) is 0. The van der Waals surface area contributed by atoms with Crippen LogP contribution in [-0.4, -0.2) is 27.5 Å². The molecular weight excluding hydrogens is 258 g/mol. The van der Waals surface area contributed by atoms with E-state index < -0.39 is 0 Å². The minimum Gasteiger partial charge on any atom is -0.327 e. The van der Waals surface area contributed by atoms with Crippen molar-refractivity contribution in [3.63, 3.8) is 0 Å².